The van der Waals surface area contributed by atoms with Crippen molar-refractivity contribution in [1.29, 1.82) is 0 Å². The number of rotatable bonds is 5. The Morgan fingerprint density at radius 3 is 2.87 bits per heavy atom. The van der Waals surface area contributed by atoms with E-state index in [-0.39, 0.29) is 5.91 Å². The van der Waals surface area contributed by atoms with Gasteiger partial charge in [-0.2, -0.15) is 0 Å². The Labute approximate surface area is 93.1 Å². The topological polar surface area (TPSA) is 29.1 Å². The molecule has 0 aromatic carbocycles. The molecule has 1 atom stereocenters. The molecule has 0 aromatic heterocycles. The zero-order chi connectivity index (χ0) is 11.1. The van der Waals surface area contributed by atoms with Crippen molar-refractivity contribution in [3.05, 3.63) is 12.2 Å². The summed E-state index contributed by atoms with van der Waals surface area (Å²) in [5, 5.41) is 3.03. The molecule has 0 heterocycles. The molecule has 86 valence electrons. The lowest BCUT2D eigenvalue weighted by atomic mass is 9.94. The quantitative estimate of drug-likeness (QED) is 0.693. The molecule has 0 bridgehead atoms. The van der Waals surface area contributed by atoms with Crippen LogP contribution in [0.2, 0.25) is 0 Å². The van der Waals surface area contributed by atoms with Crippen molar-refractivity contribution in [2.75, 3.05) is 6.54 Å². The molecular weight excluding hydrogens is 186 g/mol. The summed E-state index contributed by atoms with van der Waals surface area (Å²) in [6.07, 6.45) is 9.67. The van der Waals surface area contributed by atoms with E-state index in [2.05, 4.69) is 31.3 Å². The van der Waals surface area contributed by atoms with Crippen LogP contribution >= 0.6 is 0 Å². The Morgan fingerprint density at radius 1 is 1.47 bits per heavy atom. The Bertz CT molecular complexity index is 221. The van der Waals surface area contributed by atoms with Crippen molar-refractivity contribution in [3.8, 4) is 0 Å². The van der Waals surface area contributed by atoms with E-state index in [4.69, 9.17) is 0 Å². The van der Waals surface area contributed by atoms with Gasteiger partial charge in [0.15, 0.2) is 0 Å². The van der Waals surface area contributed by atoms with Crippen molar-refractivity contribution in [2.24, 2.45) is 11.8 Å². The average Bonchev–Trinajstić information content (AvgIpc) is 2.25. The molecule has 1 unspecified atom stereocenters. The standard InChI is InChI=1S/C13H23NO/c1-11(2)8-9-13(15)14-10-12-6-4-3-5-7-12/h3-4,11-12H,5-10H2,1-2H3,(H,14,15). The van der Waals surface area contributed by atoms with Gasteiger partial charge in [0.25, 0.3) is 0 Å². The first-order valence-corrected chi connectivity index (χ1v) is 6.10. The minimum Gasteiger partial charge on any atom is -0.356 e. The van der Waals surface area contributed by atoms with Crippen LogP contribution in [0.4, 0.5) is 0 Å². The van der Waals surface area contributed by atoms with Crippen LogP contribution in [-0.4, -0.2) is 12.5 Å². The van der Waals surface area contributed by atoms with Crippen LogP contribution in [0.3, 0.4) is 0 Å². The highest BCUT2D eigenvalue weighted by molar-refractivity contribution is 5.75. The summed E-state index contributed by atoms with van der Waals surface area (Å²) in [5.41, 5.74) is 0. The molecule has 15 heavy (non-hydrogen) atoms. The maximum absolute atomic E-state index is 11.5. The van der Waals surface area contributed by atoms with E-state index >= 15 is 0 Å². The van der Waals surface area contributed by atoms with Gasteiger partial charge < -0.3 is 5.32 Å². The summed E-state index contributed by atoms with van der Waals surface area (Å²) in [6, 6.07) is 0. The van der Waals surface area contributed by atoms with Gasteiger partial charge in [0, 0.05) is 13.0 Å². The first-order chi connectivity index (χ1) is 7.18. The molecule has 1 aliphatic rings. The highest BCUT2D eigenvalue weighted by atomic mass is 16.1. The fourth-order valence-electron chi connectivity index (χ4n) is 1.81. The van der Waals surface area contributed by atoms with Gasteiger partial charge in [-0.1, -0.05) is 26.0 Å². The van der Waals surface area contributed by atoms with E-state index in [1.54, 1.807) is 0 Å². The third-order valence-electron chi connectivity index (χ3n) is 2.91. The van der Waals surface area contributed by atoms with Crippen LogP contribution in [0.5, 0.6) is 0 Å². The molecular formula is C13H23NO. The van der Waals surface area contributed by atoms with Crippen LogP contribution in [0.1, 0.15) is 46.0 Å². The predicted molar refractivity (Wildman–Crippen MR) is 63.6 cm³/mol. The second kappa shape index (κ2) is 6.65. The second-order valence-electron chi connectivity index (χ2n) is 4.89. The van der Waals surface area contributed by atoms with Crippen LogP contribution < -0.4 is 5.32 Å². The van der Waals surface area contributed by atoms with Gasteiger partial charge in [0.2, 0.25) is 5.91 Å². The van der Waals surface area contributed by atoms with Crippen molar-refractivity contribution in [1.82, 2.24) is 5.32 Å². The number of amides is 1. The molecule has 1 aliphatic carbocycles. The Hall–Kier alpha value is -0.790. The first-order valence-electron chi connectivity index (χ1n) is 6.10. The van der Waals surface area contributed by atoms with E-state index in [1.165, 1.54) is 12.8 Å². The van der Waals surface area contributed by atoms with Crippen molar-refractivity contribution < 1.29 is 4.79 Å². The summed E-state index contributed by atoms with van der Waals surface area (Å²) in [6.45, 7) is 5.17. The largest absolute Gasteiger partial charge is 0.356 e. The molecule has 2 nitrogen and oxygen atoms in total. The van der Waals surface area contributed by atoms with Crippen molar-refractivity contribution in [2.45, 2.75) is 46.0 Å². The lowest BCUT2D eigenvalue weighted by Crippen LogP contribution is -2.29. The summed E-state index contributed by atoms with van der Waals surface area (Å²) in [7, 11) is 0. The molecule has 1 amide bonds. The predicted octanol–water partition coefficient (Wildman–Crippen LogP) is 2.90. The summed E-state index contributed by atoms with van der Waals surface area (Å²) in [5.74, 6) is 1.50. The van der Waals surface area contributed by atoms with Gasteiger partial charge in [-0.05, 0) is 37.5 Å². The van der Waals surface area contributed by atoms with Crippen LogP contribution in [-0.2, 0) is 4.79 Å². The van der Waals surface area contributed by atoms with Gasteiger partial charge in [0.05, 0.1) is 0 Å². The third kappa shape index (κ3) is 5.60. The molecule has 0 aliphatic heterocycles. The summed E-state index contributed by atoms with van der Waals surface area (Å²) in [4.78, 5) is 11.5. The normalized spacial score (nSPS) is 20.6. The van der Waals surface area contributed by atoms with Crippen molar-refractivity contribution in [3.63, 3.8) is 0 Å². The van der Waals surface area contributed by atoms with E-state index in [9.17, 15) is 4.79 Å². The van der Waals surface area contributed by atoms with E-state index in [0.29, 0.717) is 18.3 Å². The molecule has 2 heteroatoms. The molecule has 0 radical (unpaired) electrons. The molecule has 0 spiro atoms. The number of carbonyl (C=O) groups is 1. The van der Waals surface area contributed by atoms with Gasteiger partial charge in [-0.3, -0.25) is 4.79 Å². The Kier molecular flexibility index (Phi) is 5.44. The van der Waals surface area contributed by atoms with E-state index < -0.39 is 0 Å². The van der Waals surface area contributed by atoms with E-state index in [1.807, 2.05) is 0 Å². The zero-order valence-corrected chi connectivity index (χ0v) is 9.96. The number of allylic oxidation sites excluding steroid dienone is 2. The number of nitrogens with one attached hydrogen (secondary N) is 1. The Morgan fingerprint density at radius 2 is 2.27 bits per heavy atom. The van der Waals surface area contributed by atoms with Crippen LogP contribution in [0, 0.1) is 11.8 Å². The number of hydrogen-bond acceptors (Lipinski definition) is 1. The highest BCUT2D eigenvalue weighted by Gasteiger charge is 2.11. The zero-order valence-electron chi connectivity index (χ0n) is 9.96. The van der Waals surface area contributed by atoms with Crippen LogP contribution in [0.15, 0.2) is 12.2 Å². The number of hydrogen-bond donors (Lipinski definition) is 1. The lowest BCUT2D eigenvalue weighted by Gasteiger charge is -2.18. The molecule has 0 fully saturated rings. The fourth-order valence-corrected chi connectivity index (χ4v) is 1.81. The average molecular weight is 209 g/mol. The second-order valence-corrected chi connectivity index (χ2v) is 4.89. The van der Waals surface area contributed by atoms with Gasteiger partial charge >= 0.3 is 0 Å². The van der Waals surface area contributed by atoms with Gasteiger partial charge in [-0.25, -0.2) is 0 Å². The van der Waals surface area contributed by atoms with Gasteiger partial charge in [-0.15, -0.1) is 0 Å². The maximum atomic E-state index is 11.5. The Balaban J connectivity index is 2.08. The number of carbonyl (C=O) groups excluding carboxylic acids is 1. The van der Waals surface area contributed by atoms with Crippen LogP contribution in [0.25, 0.3) is 0 Å². The first kappa shape index (κ1) is 12.3. The minimum absolute atomic E-state index is 0.221. The van der Waals surface area contributed by atoms with E-state index in [0.717, 1.165) is 19.4 Å². The molecule has 0 saturated carbocycles. The molecule has 1 rings (SSSR count). The SMILES string of the molecule is CC(C)CCC(=O)NCC1CC=CCC1. The fraction of sp³-hybridized carbons (Fsp3) is 0.769. The molecule has 0 saturated heterocycles. The third-order valence-corrected chi connectivity index (χ3v) is 2.91. The molecule has 0 aromatic rings. The molecule has 1 N–H and O–H groups in total. The highest BCUT2D eigenvalue weighted by Crippen LogP contribution is 2.16. The minimum atomic E-state index is 0.221. The van der Waals surface area contributed by atoms with Crippen molar-refractivity contribution >= 4 is 5.91 Å². The lowest BCUT2D eigenvalue weighted by molar-refractivity contribution is -0.121. The smallest absolute Gasteiger partial charge is 0.220 e. The maximum Gasteiger partial charge on any atom is 0.220 e. The monoisotopic (exact) mass is 209 g/mol. The summed E-state index contributed by atoms with van der Waals surface area (Å²) < 4.78 is 0. The summed E-state index contributed by atoms with van der Waals surface area (Å²) >= 11 is 0. The van der Waals surface area contributed by atoms with Gasteiger partial charge in [0.1, 0.15) is 0 Å².